The third-order valence-corrected chi connectivity index (χ3v) is 4.48. The normalized spacial score (nSPS) is 10.7. The van der Waals surface area contributed by atoms with Crippen molar-refractivity contribution in [2.75, 3.05) is 38.2 Å². The summed E-state index contributed by atoms with van der Waals surface area (Å²) in [5.74, 6) is 1.95. The van der Waals surface area contributed by atoms with E-state index in [0.29, 0.717) is 17.3 Å². The van der Waals surface area contributed by atoms with Crippen molar-refractivity contribution < 1.29 is 4.42 Å². The first-order valence-electron chi connectivity index (χ1n) is 9.05. The number of nitrogens with one attached hydrogen (secondary N) is 1. The maximum absolute atomic E-state index is 6.19. The zero-order valence-corrected chi connectivity index (χ0v) is 18.0. The van der Waals surface area contributed by atoms with E-state index in [1.54, 1.807) is 0 Å². The van der Waals surface area contributed by atoms with Gasteiger partial charge in [-0.1, -0.05) is 24.3 Å². The molecule has 154 valence electrons. The molecule has 0 amide bonds. The quantitative estimate of drug-likeness (QED) is 0.334. The van der Waals surface area contributed by atoms with Gasteiger partial charge in [0.05, 0.1) is 11.2 Å². The molecule has 0 radical (unpaired) electrons. The molecular weight excluding hydrogens is 409 g/mol. The van der Waals surface area contributed by atoms with Crippen LogP contribution in [0.15, 0.2) is 52.9 Å². The number of aromatic nitrogens is 2. The van der Waals surface area contributed by atoms with Gasteiger partial charge in [0.25, 0.3) is 0 Å². The van der Waals surface area contributed by atoms with E-state index in [0.717, 1.165) is 47.2 Å². The molecule has 6 nitrogen and oxygen atoms in total. The molecule has 2 heterocycles. The lowest BCUT2D eigenvalue weighted by Gasteiger charge is -2.13. The summed E-state index contributed by atoms with van der Waals surface area (Å²) in [6.45, 7) is 1.83. The van der Waals surface area contributed by atoms with Gasteiger partial charge in [0.15, 0.2) is 11.6 Å². The van der Waals surface area contributed by atoms with Crippen molar-refractivity contribution >= 4 is 58.2 Å². The molecule has 4 aromatic rings. The Morgan fingerprint density at radius 2 is 1.83 bits per heavy atom. The highest BCUT2D eigenvalue weighted by atomic mass is 35.5. The van der Waals surface area contributed by atoms with Gasteiger partial charge in [0, 0.05) is 17.3 Å². The Labute approximate surface area is 182 Å². The Morgan fingerprint density at radius 1 is 1.03 bits per heavy atom. The predicted molar refractivity (Wildman–Crippen MR) is 125 cm³/mol. The molecule has 2 aromatic heterocycles. The maximum atomic E-state index is 6.19. The van der Waals surface area contributed by atoms with Gasteiger partial charge in [-0.15, -0.1) is 24.8 Å². The summed E-state index contributed by atoms with van der Waals surface area (Å²) < 4.78 is 5.95. The van der Waals surface area contributed by atoms with E-state index in [-0.39, 0.29) is 24.8 Å². The molecule has 8 heteroatoms. The van der Waals surface area contributed by atoms with Crippen LogP contribution in [0.2, 0.25) is 0 Å². The molecule has 0 fully saturated rings. The van der Waals surface area contributed by atoms with Crippen molar-refractivity contribution in [1.82, 2.24) is 14.9 Å². The first kappa shape index (κ1) is 22.7. The number of furan rings is 1. The minimum Gasteiger partial charge on any atom is -0.453 e. The number of benzene rings is 2. The zero-order valence-electron chi connectivity index (χ0n) is 16.4. The fraction of sp³-hybridized carbons (Fsp3) is 0.238. The maximum Gasteiger partial charge on any atom is 0.198 e. The van der Waals surface area contributed by atoms with Crippen LogP contribution in [0, 0.1) is 0 Å². The highest BCUT2D eigenvalue weighted by molar-refractivity contribution is 5.97. The van der Waals surface area contributed by atoms with Crippen LogP contribution in [0.1, 0.15) is 6.42 Å². The topological polar surface area (TPSA) is 80.2 Å². The number of nitrogens with two attached hydrogens (primary N) is 1. The number of anilines is 2. The van der Waals surface area contributed by atoms with E-state index in [2.05, 4.69) is 29.3 Å². The third kappa shape index (κ3) is 4.90. The Balaban J connectivity index is 0.00000150. The Hall–Kier alpha value is -2.54. The van der Waals surface area contributed by atoms with Crippen LogP contribution in [0.4, 0.5) is 11.5 Å². The van der Waals surface area contributed by atoms with Gasteiger partial charge >= 0.3 is 0 Å². The van der Waals surface area contributed by atoms with Crippen LogP contribution in [0.25, 0.3) is 33.5 Å². The number of fused-ring (bicyclic) bond motifs is 2. The van der Waals surface area contributed by atoms with Crippen LogP contribution >= 0.6 is 24.8 Å². The number of para-hydroxylation sites is 2. The fourth-order valence-electron chi connectivity index (χ4n) is 3.11. The number of hydrogen-bond acceptors (Lipinski definition) is 6. The van der Waals surface area contributed by atoms with Crippen LogP contribution in [0.3, 0.4) is 0 Å². The molecule has 4 rings (SSSR count). The van der Waals surface area contributed by atoms with E-state index in [1.165, 1.54) is 0 Å². The Morgan fingerprint density at radius 3 is 2.59 bits per heavy atom. The standard InChI is InChI=1S/C21H23N5O.2ClH/c1-26(2)12-6-11-23-20-15-8-5-9-16(22)19(15)24-21(25-20)18-13-14-7-3-4-10-17(14)27-18;;/h3-5,7-10,13H,6,11-12,22H2,1-2H3,(H,23,24,25);2*1H. The first-order valence-corrected chi connectivity index (χ1v) is 9.05. The molecule has 0 saturated carbocycles. The van der Waals surface area contributed by atoms with Crippen molar-refractivity contribution in [1.29, 1.82) is 0 Å². The molecule has 0 unspecified atom stereocenters. The number of nitrogens with zero attached hydrogens (tertiary/aromatic N) is 3. The summed E-state index contributed by atoms with van der Waals surface area (Å²) in [6, 6.07) is 15.6. The van der Waals surface area contributed by atoms with Gasteiger partial charge in [0.2, 0.25) is 0 Å². The van der Waals surface area contributed by atoms with Gasteiger partial charge in [0.1, 0.15) is 11.4 Å². The Kier molecular flexibility index (Phi) is 7.67. The zero-order chi connectivity index (χ0) is 18.8. The predicted octanol–water partition coefficient (Wildman–Crippen LogP) is 4.83. The van der Waals surface area contributed by atoms with Crippen LogP contribution in [-0.4, -0.2) is 42.1 Å². The molecule has 2 aromatic carbocycles. The summed E-state index contributed by atoms with van der Waals surface area (Å²) in [4.78, 5) is 11.6. The molecule has 0 atom stereocenters. The molecule has 3 N–H and O–H groups in total. The highest BCUT2D eigenvalue weighted by Gasteiger charge is 2.14. The minimum atomic E-state index is 0. The average molecular weight is 434 g/mol. The number of hydrogen-bond donors (Lipinski definition) is 2. The first-order chi connectivity index (χ1) is 13.1. The van der Waals surface area contributed by atoms with E-state index >= 15 is 0 Å². The lowest BCUT2D eigenvalue weighted by molar-refractivity contribution is 0.405. The van der Waals surface area contributed by atoms with E-state index in [9.17, 15) is 0 Å². The summed E-state index contributed by atoms with van der Waals surface area (Å²) in [5.41, 5.74) is 8.37. The lowest BCUT2D eigenvalue weighted by Crippen LogP contribution is -2.17. The van der Waals surface area contributed by atoms with Gasteiger partial charge in [-0.3, -0.25) is 0 Å². The molecule has 0 aliphatic carbocycles. The van der Waals surface area contributed by atoms with Crippen molar-refractivity contribution in [3.05, 3.63) is 48.5 Å². The monoisotopic (exact) mass is 433 g/mol. The highest BCUT2D eigenvalue weighted by Crippen LogP contribution is 2.31. The van der Waals surface area contributed by atoms with Crippen molar-refractivity contribution in [3.63, 3.8) is 0 Å². The Bertz CT molecular complexity index is 1060. The van der Waals surface area contributed by atoms with E-state index < -0.39 is 0 Å². The second-order valence-electron chi connectivity index (χ2n) is 6.87. The van der Waals surface area contributed by atoms with E-state index in [1.807, 2.05) is 48.5 Å². The second kappa shape index (κ2) is 9.78. The minimum absolute atomic E-state index is 0. The fourth-order valence-corrected chi connectivity index (χ4v) is 3.11. The van der Waals surface area contributed by atoms with Crippen molar-refractivity contribution in [3.8, 4) is 11.6 Å². The average Bonchev–Trinajstić information content (AvgIpc) is 3.09. The molecule has 0 aliphatic rings. The number of halogens is 2. The molecule has 0 aliphatic heterocycles. The third-order valence-electron chi connectivity index (χ3n) is 4.48. The summed E-state index contributed by atoms with van der Waals surface area (Å²) in [7, 11) is 4.14. The molecule has 0 bridgehead atoms. The molecule has 0 spiro atoms. The van der Waals surface area contributed by atoms with E-state index in [4.69, 9.17) is 15.1 Å². The summed E-state index contributed by atoms with van der Waals surface area (Å²) in [5, 5.41) is 5.38. The van der Waals surface area contributed by atoms with Gasteiger partial charge in [-0.2, -0.15) is 0 Å². The SMILES string of the molecule is CN(C)CCCNc1nc(-c2cc3ccccc3o2)nc2c(N)cccc12.Cl.Cl. The summed E-state index contributed by atoms with van der Waals surface area (Å²) >= 11 is 0. The van der Waals surface area contributed by atoms with Gasteiger partial charge in [-0.25, -0.2) is 9.97 Å². The van der Waals surface area contributed by atoms with Crippen LogP contribution in [0.5, 0.6) is 0 Å². The smallest absolute Gasteiger partial charge is 0.198 e. The van der Waals surface area contributed by atoms with Crippen molar-refractivity contribution in [2.24, 2.45) is 0 Å². The number of nitrogen functional groups attached to an aromatic ring is 1. The van der Waals surface area contributed by atoms with Crippen LogP contribution in [-0.2, 0) is 0 Å². The van der Waals surface area contributed by atoms with Gasteiger partial charge < -0.3 is 20.4 Å². The molecule has 0 saturated heterocycles. The van der Waals surface area contributed by atoms with Crippen LogP contribution < -0.4 is 11.1 Å². The molecule has 29 heavy (non-hydrogen) atoms. The second-order valence-corrected chi connectivity index (χ2v) is 6.87. The number of rotatable bonds is 6. The van der Waals surface area contributed by atoms with Gasteiger partial charge in [-0.05, 0) is 51.3 Å². The van der Waals surface area contributed by atoms with Crippen molar-refractivity contribution in [2.45, 2.75) is 6.42 Å². The summed E-state index contributed by atoms with van der Waals surface area (Å²) in [6.07, 6.45) is 1.01. The largest absolute Gasteiger partial charge is 0.453 e. The lowest BCUT2D eigenvalue weighted by atomic mass is 10.2. The molecular formula is C21H25Cl2N5O.